The summed E-state index contributed by atoms with van der Waals surface area (Å²) in [5.74, 6) is 0.407. The molecule has 2 heterocycles. The van der Waals surface area contributed by atoms with Crippen LogP contribution in [0.1, 0.15) is 135 Å². The van der Waals surface area contributed by atoms with Crippen LogP contribution in [0.5, 0.6) is 0 Å². The van der Waals surface area contributed by atoms with E-state index in [1.165, 1.54) is 33.0 Å². The second-order valence-electron chi connectivity index (χ2n) is 19.3. The molecule has 0 bridgehead atoms. The van der Waals surface area contributed by atoms with Gasteiger partial charge in [0.2, 0.25) is 0 Å². The van der Waals surface area contributed by atoms with Crippen molar-refractivity contribution in [2.24, 2.45) is 10.5 Å². The van der Waals surface area contributed by atoms with Gasteiger partial charge >= 0.3 is 0 Å². The molecule has 0 aliphatic carbocycles. The fraction of sp³-hybridized carbons (Fsp3) is 0.447. The molecule has 0 spiro atoms. The molecule has 0 fully saturated rings. The molecule has 1 aliphatic rings. The van der Waals surface area contributed by atoms with Crippen LogP contribution in [0.25, 0.3) is 21.8 Å². The maximum Gasteiger partial charge on any atom is 0.0990 e. The topological polar surface area (TPSA) is 32.9 Å². The minimum absolute atomic E-state index is 0. The van der Waals surface area contributed by atoms with E-state index in [-0.39, 0.29) is 44.0 Å². The summed E-state index contributed by atoms with van der Waals surface area (Å²) in [6, 6.07) is 29.9. The van der Waals surface area contributed by atoms with E-state index in [9.17, 15) is 2.74 Å². The molecule has 52 heavy (non-hydrogen) atoms. The smallest absolute Gasteiger partial charge is 0.0990 e. The van der Waals surface area contributed by atoms with Gasteiger partial charge in [-0.1, -0.05) is 165 Å². The van der Waals surface area contributed by atoms with Crippen LogP contribution in [0.3, 0.4) is 0 Å². The van der Waals surface area contributed by atoms with E-state index in [0.717, 1.165) is 22.4 Å². The van der Waals surface area contributed by atoms with E-state index in [0.29, 0.717) is 5.84 Å². The maximum absolute atomic E-state index is 9.29. The van der Waals surface area contributed by atoms with Crippen molar-refractivity contribution in [1.82, 2.24) is 4.98 Å². The van der Waals surface area contributed by atoms with E-state index in [4.69, 9.17) is 5.10 Å². The largest absolute Gasteiger partial charge is 0.657 e. The molecule has 5 aromatic rings. The third kappa shape index (κ3) is 9.81. The van der Waals surface area contributed by atoms with Crippen LogP contribution in [-0.4, -0.2) is 5.84 Å². The molecule has 0 amide bonds. The molecule has 5 heteroatoms. The van der Waals surface area contributed by atoms with Gasteiger partial charge in [0.05, 0.1) is 5.84 Å². The van der Waals surface area contributed by atoms with Crippen molar-refractivity contribution in [2.75, 3.05) is 9.91 Å². The van der Waals surface area contributed by atoms with Gasteiger partial charge in [-0.15, -0.1) is 17.7 Å². The molecule has 0 saturated heterocycles. The summed E-state index contributed by atoms with van der Waals surface area (Å²) in [4.78, 5) is 6.50. The second-order valence-corrected chi connectivity index (χ2v) is 19.3. The number of rotatable bonds is 3. The molecule has 0 atom stereocenters. The Labute approximate surface area is 333 Å². The van der Waals surface area contributed by atoms with Crippen molar-refractivity contribution in [1.29, 1.82) is 0 Å². The summed E-state index contributed by atoms with van der Waals surface area (Å²) in [6.07, 6.45) is -1.69. The molecule has 4 nitrogen and oxygen atoms in total. The Morgan fingerprint density at radius 3 is 1.29 bits per heavy atom. The van der Waals surface area contributed by atoms with Crippen molar-refractivity contribution < 1.29 is 25.1 Å². The Kier molecular flexibility index (Phi) is 11.0. The van der Waals surface area contributed by atoms with Crippen molar-refractivity contribution in [2.45, 2.75) is 132 Å². The Hall–Kier alpha value is -3.31. The molecule has 283 valence electrons. The van der Waals surface area contributed by atoms with Gasteiger partial charge in [0.15, 0.2) is 0 Å². The normalized spacial score (nSPS) is 15.2. The monoisotopic (exact) mass is 881 g/mol. The quantitative estimate of drug-likeness (QED) is 0.134. The maximum atomic E-state index is 9.29. The number of para-hydroxylation sites is 2. The standard InChI is InChI=1S/C35H54N3.C12H8N.Au/c1-31(2,3)22-30-36-38(29-20-26(34(10,11)12)17-27(21-29)35(13,14)15)23-37(30)28-18-24(32(4,5)6)16-25(19-28)33(7,8)9;1-3-7-11-9(5-1)10-6-2-4-8-12(10)13-11;/h16-21,23H,22H2,1-15H3;1-8H;/q2*-1;/i22D2;;. The number of fused-ring (bicyclic) bond motifs is 3. The van der Waals surface area contributed by atoms with Crippen LogP contribution in [-0.2, 0) is 44.0 Å². The SMILES string of the molecule is [2H]C([2H])(C1=NN(c2cc(C(C)(C)C)cc(C(C)(C)C)c2)[CH-]N1c1cc(C(C)(C)C)cc(C(C)(C)C)c1)C(C)(C)C.[Au].c1ccc2c(c1)[n-]c1ccccc12. The number of hydrazone groups is 1. The molecule has 1 aromatic heterocycles. The van der Waals surface area contributed by atoms with Gasteiger partial charge in [0, 0.05) is 42.9 Å². The molecule has 6 rings (SSSR count). The van der Waals surface area contributed by atoms with Gasteiger partial charge < -0.3 is 14.9 Å². The van der Waals surface area contributed by atoms with Crippen LogP contribution >= 0.6 is 0 Å². The molecular weight excluding hydrogens is 818 g/mol. The number of hydrogen-bond acceptors (Lipinski definition) is 3. The Bertz CT molecular complexity index is 2010. The molecule has 0 saturated carbocycles. The zero-order chi connectivity index (χ0) is 39.5. The van der Waals surface area contributed by atoms with Gasteiger partial charge in [-0.05, 0) is 84.4 Å². The molecule has 4 aromatic carbocycles. The average molecular weight is 882 g/mol. The minimum Gasteiger partial charge on any atom is -0.657 e. The number of amidine groups is 1. The number of hydrogen-bond donors (Lipinski definition) is 0. The van der Waals surface area contributed by atoms with Gasteiger partial charge in [-0.2, -0.15) is 5.10 Å². The first-order valence-electron chi connectivity index (χ1n) is 19.4. The molecular formula is C47H62AuN4-2. The first kappa shape index (κ1) is 38.4. The predicted octanol–water partition coefficient (Wildman–Crippen LogP) is 13.0. The summed E-state index contributed by atoms with van der Waals surface area (Å²) in [5, 5.41) is 9.40. The second kappa shape index (κ2) is 14.8. The van der Waals surface area contributed by atoms with Gasteiger partial charge in [-0.25, -0.2) is 0 Å². The molecule has 0 N–H and O–H groups in total. The van der Waals surface area contributed by atoms with Crippen LogP contribution in [0.15, 0.2) is 90.0 Å². The van der Waals surface area contributed by atoms with Crippen LogP contribution < -0.4 is 14.9 Å². The summed E-state index contributed by atoms with van der Waals surface area (Å²) in [7, 11) is 0. The van der Waals surface area contributed by atoms with E-state index in [2.05, 4.69) is 161 Å². The summed E-state index contributed by atoms with van der Waals surface area (Å²) in [5.41, 5.74) is 8.14. The van der Waals surface area contributed by atoms with Gasteiger partial charge in [0.25, 0.3) is 0 Å². The Morgan fingerprint density at radius 1 is 0.558 bits per heavy atom. The van der Waals surface area contributed by atoms with E-state index >= 15 is 0 Å². The van der Waals surface area contributed by atoms with E-state index < -0.39 is 11.8 Å². The fourth-order valence-corrected chi connectivity index (χ4v) is 6.03. The van der Waals surface area contributed by atoms with Gasteiger partial charge in [-0.3, -0.25) is 0 Å². The third-order valence-corrected chi connectivity index (χ3v) is 9.32. The first-order valence-corrected chi connectivity index (χ1v) is 18.4. The number of benzene rings is 4. The molecule has 1 radical (unpaired) electrons. The number of nitrogens with zero attached hydrogens (tertiary/aromatic N) is 4. The Morgan fingerprint density at radius 2 is 0.923 bits per heavy atom. The van der Waals surface area contributed by atoms with Crippen LogP contribution in [0.2, 0.25) is 0 Å². The van der Waals surface area contributed by atoms with Crippen molar-refractivity contribution in [3.8, 4) is 0 Å². The minimum atomic E-state index is -1.69. The fourth-order valence-electron chi connectivity index (χ4n) is 6.03. The zero-order valence-electron chi connectivity index (χ0n) is 36.3. The van der Waals surface area contributed by atoms with Crippen LogP contribution in [0, 0.1) is 12.1 Å². The van der Waals surface area contributed by atoms with Crippen molar-refractivity contribution >= 4 is 39.0 Å². The average Bonchev–Trinajstić information content (AvgIpc) is 3.66. The third-order valence-electron chi connectivity index (χ3n) is 9.32. The molecule has 0 unspecified atom stereocenters. The molecule has 1 aliphatic heterocycles. The summed E-state index contributed by atoms with van der Waals surface area (Å²) in [6.45, 7) is 34.6. The predicted molar refractivity (Wildman–Crippen MR) is 223 cm³/mol. The number of aromatic nitrogens is 1. The summed E-state index contributed by atoms with van der Waals surface area (Å²) >= 11 is 0. The van der Waals surface area contributed by atoms with Crippen molar-refractivity contribution in [3.05, 3.63) is 114 Å². The van der Waals surface area contributed by atoms with Crippen LogP contribution in [0.4, 0.5) is 11.4 Å². The Balaban J connectivity index is 0.000000384. The van der Waals surface area contributed by atoms with Crippen molar-refractivity contribution in [3.63, 3.8) is 0 Å². The number of anilines is 2. The van der Waals surface area contributed by atoms with E-state index in [1.54, 1.807) is 0 Å². The van der Waals surface area contributed by atoms with Gasteiger partial charge in [0.1, 0.15) is 0 Å². The summed E-state index contributed by atoms with van der Waals surface area (Å²) < 4.78 is 18.6. The van der Waals surface area contributed by atoms with E-state index in [1.807, 2.05) is 49.5 Å². The first-order chi connectivity index (χ1) is 24.2. The zero-order valence-corrected chi connectivity index (χ0v) is 36.4.